The van der Waals surface area contributed by atoms with Crippen LogP contribution in [0.3, 0.4) is 0 Å². The van der Waals surface area contributed by atoms with Gasteiger partial charge in [0, 0.05) is 0 Å². The number of amides is 1. The van der Waals surface area contributed by atoms with E-state index in [9.17, 15) is 9.59 Å². The van der Waals surface area contributed by atoms with Crippen molar-refractivity contribution in [3.8, 4) is 5.75 Å². The van der Waals surface area contributed by atoms with Crippen molar-refractivity contribution in [2.24, 2.45) is 0 Å². The van der Waals surface area contributed by atoms with Crippen LogP contribution >= 0.6 is 0 Å². The van der Waals surface area contributed by atoms with Crippen molar-refractivity contribution in [3.05, 3.63) is 29.8 Å². The molecule has 0 saturated carbocycles. The summed E-state index contributed by atoms with van der Waals surface area (Å²) in [6, 6.07) is 6.27. The molecule has 0 aliphatic carbocycles. The third-order valence-electron chi connectivity index (χ3n) is 2.57. The molecule has 1 aromatic rings. The molecule has 102 valence electrons. The highest BCUT2D eigenvalue weighted by Gasteiger charge is 2.31. The maximum Gasteiger partial charge on any atom is 0.408 e. The van der Waals surface area contributed by atoms with E-state index in [0.717, 1.165) is 0 Å². The van der Waals surface area contributed by atoms with Crippen LogP contribution < -0.4 is 10.1 Å². The SMILES string of the molecule is CC(C)(C)OC(=O)N[C@@H]1COc2ccccc2C1=O. The summed E-state index contributed by atoms with van der Waals surface area (Å²) in [5.74, 6) is 0.391. The first-order valence-electron chi connectivity index (χ1n) is 6.12. The minimum atomic E-state index is -0.704. The number of ketones is 1. The number of benzene rings is 1. The first kappa shape index (κ1) is 13.4. The molecule has 0 fully saturated rings. The van der Waals surface area contributed by atoms with Crippen molar-refractivity contribution >= 4 is 11.9 Å². The Kier molecular flexibility index (Phi) is 3.46. The van der Waals surface area contributed by atoms with E-state index in [1.54, 1.807) is 45.0 Å². The molecule has 1 amide bonds. The lowest BCUT2D eigenvalue weighted by Gasteiger charge is -2.26. The lowest BCUT2D eigenvalue weighted by atomic mass is 10.0. The molecule has 2 rings (SSSR count). The molecule has 1 aromatic carbocycles. The number of nitrogens with one attached hydrogen (secondary N) is 1. The van der Waals surface area contributed by atoms with E-state index in [4.69, 9.17) is 9.47 Å². The minimum Gasteiger partial charge on any atom is -0.490 e. The molecule has 19 heavy (non-hydrogen) atoms. The van der Waals surface area contributed by atoms with Gasteiger partial charge in [0.25, 0.3) is 0 Å². The zero-order valence-electron chi connectivity index (χ0n) is 11.2. The molecule has 0 unspecified atom stereocenters. The maximum absolute atomic E-state index is 12.2. The molecule has 5 nitrogen and oxygen atoms in total. The third kappa shape index (κ3) is 3.24. The lowest BCUT2D eigenvalue weighted by molar-refractivity contribution is 0.0464. The Labute approximate surface area is 111 Å². The quantitative estimate of drug-likeness (QED) is 0.843. The fourth-order valence-corrected chi connectivity index (χ4v) is 1.79. The van der Waals surface area contributed by atoms with Gasteiger partial charge in [-0.1, -0.05) is 12.1 Å². The predicted octanol–water partition coefficient (Wildman–Crippen LogP) is 2.16. The molecule has 1 atom stereocenters. The zero-order chi connectivity index (χ0) is 14.0. The van der Waals surface area contributed by atoms with E-state index in [-0.39, 0.29) is 12.4 Å². The molecule has 1 N–H and O–H groups in total. The molecule has 0 aromatic heterocycles. The summed E-state index contributed by atoms with van der Waals surface area (Å²) in [4.78, 5) is 23.8. The molecule has 1 aliphatic heterocycles. The number of hydrogen-bond donors (Lipinski definition) is 1. The average molecular weight is 263 g/mol. The van der Waals surface area contributed by atoms with Crippen molar-refractivity contribution in [1.29, 1.82) is 0 Å². The molecule has 1 heterocycles. The second kappa shape index (κ2) is 4.91. The second-order valence-corrected chi connectivity index (χ2v) is 5.37. The Bertz CT molecular complexity index is 504. The standard InChI is InChI=1S/C14H17NO4/c1-14(2,3)19-13(17)15-10-8-18-11-7-5-4-6-9(11)12(10)16/h4-7,10H,8H2,1-3H3,(H,15,17)/t10-/m1/s1. The highest BCUT2D eigenvalue weighted by atomic mass is 16.6. The Balaban J connectivity index is 2.05. The maximum atomic E-state index is 12.2. The normalized spacial score (nSPS) is 18.3. The number of carbonyl (C=O) groups is 2. The smallest absolute Gasteiger partial charge is 0.408 e. The monoisotopic (exact) mass is 263 g/mol. The Morgan fingerprint density at radius 2 is 2.05 bits per heavy atom. The summed E-state index contributed by atoms with van der Waals surface area (Å²) in [5, 5.41) is 2.53. The van der Waals surface area contributed by atoms with Gasteiger partial charge in [0.2, 0.25) is 0 Å². The van der Waals surface area contributed by atoms with E-state index in [1.165, 1.54) is 0 Å². The van der Waals surface area contributed by atoms with Crippen molar-refractivity contribution in [3.63, 3.8) is 0 Å². The van der Waals surface area contributed by atoms with Gasteiger partial charge in [0.05, 0.1) is 5.56 Å². The van der Waals surface area contributed by atoms with Gasteiger partial charge in [0.15, 0.2) is 5.78 Å². The number of para-hydroxylation sites is 1. The van der Waals surface area contributed by atoms with Gasteiger partial charge in [-0.3, -0.25) is 4.79 Å². The Morgan fingerprint density at radius 1 is 1.37 bits per heavy atom. The van der Waals surface area contributed by atoms with E-state index in [1.807, 2.05) is 0 Å². The molecule has 5 heteroatoms. The van der Waals surface area contributed by atoms with Gasteiger partial charge in [0.1, 0.15) is 24.0 Å². The van der Waals surface area contributed by atoms with E-state index < -0.39 is 17.7 Å². The van der Waals surface area contributed by atoms with Crippen LogP contribution in [0.15, 0.2) is 24.3 Å². The number of alkyl carbamates (subject to hydrolysis) is 1. The summed E-state index contributed by atoms with van der Waals surface area (Å²) < 4.78 is 10.6. The number of rotatable bonds is 1. The number of hydrogen-bond acceptors (Lipinski definition) is 4. The number of carbonyl (C=O) groups excluding carboxylic acids is 2. The van der Waals surface area contributed by atoms with Crippen molar-refractivity contribution in [2.45, 2.75) is 32.4 Å². The Hall–Kier alpha value is -2.04. The number of Topliss-reactive ketones (excluding diaryl/α,β-unsaturated/α-hetero) is 1. The van der Waals surface area contributed by atoms with Crippen LogP contribution in [-0.4, -0.2) is 30.1 Å². The van der Waals surface area contributed by atoms with Crippen molar-refractivity contribution in [2.75, 3.05) is 6.61 Å². The van der Waals surface area contributed by atoms with Gasteiger partial charge in [-0.05, 0) is 32.9 Å². The fraction of sp³-hybridized carbons (Fsp3) is 0.429. The van der Waals surface area contributed by atoms with Crippen LogP contribution in [0.25, 0.3) is 0 Å². The second-order valence-electron chi connectivity index (χ2n) is 5.37. The topological polar surface area (TPSA) is 64.6 Å². The average Bonchev–Trinajstić information content (AvgIpc) is 2.31. The molecular formula is C14H17NO4. The molecular weight excluding hydrogens is 246 g/mol. The van der Waals surface area contributed by atoms with Crippen LogP contribution in [0.1, 0.15) is 31.1 Å². The van der Waals surface area contributed by atoms with Crippen LogP contribution in [0.2, 0.25) is 0 Å². The van der Waals surface area contributed by atoms with Gasteiger partial charge >= 0.3 is 6.09 Å². The van der Waals surface area contributed by atoms with Gasteiger partial charge in [-0.2, -0.15) is 0 Å². The van der Waals surface area contributed by atoms with Gasteiger partial charge in [-0.15, -0.1) is 0 Å². The fourth-order valence-electron chi connectivity index (χ4n) is 1.79. The molecule has 0 radical (unpaired) electrons. The predicted molar refractivity (Wildman–Crippen MR) is 69.4 cm³/mol. The first-order valence-corrected chi connectivity index (χ1v) is 6.12. The van der Waals surface area contributed by atoms with E-state index in [0.29, 0.717) is 11.3 Å². The van der Waals surface area contributed by atoms with Crippen LogP contribution in [0, 0.1) is 0 Å². The van der Waals surface area contributed by atoms with Crippen molar-refractivity contribution < 1.29 is 19.1 Å². The van der Waals surface area contributed by atoms with Gasteiger partial charge in [-0.25, -0.2) is 4.79 Å². The number of fused-ring (bicyclic) bond motifs is 1. The zero-order valence-corrected chi connectivity index (χ0v) is 11.2. The Morgan fingerprint density at radius 3 is 2.74 bits per heavy atom. The number of ether oxygens (including phenoxy) is 2. The largest absolute Gasteiger partial charge is 0.490 e. The van der Waals surface area contributed by atoms with Crippen LogP contribution in [0.4, 0.5) is 4.79 Å². The first-order chi connectivity index (χ1) is 8.87. The molecule has 0 bridgehead atoms. The van der Waals surface area contributed by atoms with Gasteiger partial charge < -0.3 is 14.8 Å². The lowest BCUT2D eigenvalue weighted by Crippen LogP contribution is -2.48. The molecule has 0 spiro atoms. The van der Waals surface area contributed by atoms with Crippen LogP contribution in [-0.2, 0) is 4.74 Å². The van der Waals surface area contributed by atoms with E-state index >= 15 is 0 Å². The summed E-state index contributed by atoms with van der Waals surface area (Å²) in [6.45, 7) is 5.41. The van der Waals surface area contributed by atoms with E-state index in [2.05, 4.69) is 5.32 Å². The molecule has 1 aliphatic rings. The molecule has 0 saturated heterocycles. The van der Waals surface area contributed by atoms with Crippen molar-refractivity contribution in [1.82, 2.24) is 5.32 Å². The van der Waals surface area contributed by atoms with Crippen LogP contribution in [0.5, 0.6) is 5.75 Å². The summed E-state index contributed by atoms with van der Waals surface area (Å²) in [7, 11) is 0. The minimum absolute atomic E-state index is 0.120. The highest BCUT2D eigenvalue weighted by Crippen LogP contribution is 2.24. The summed E-state index contributed by atoms with van der Waals surface area (Å²) in [6.07, 6.45) is -0.617. The highest BCUT2D eigenvalue weighted by molar-refractivity contribution is 6.04. The third-order valence-corrected chi connectivity index (χ3v) is 2.57. The summed E-state index contributed by atoms with van der Waals surface area (Å²) in [5.41, 5.74) is -0.115. The summed E-state index contributed by atoms with van der Waals surface area (Å²) >= 11 is 0.